The second kappa shape index (κ2) is 8.00. The van der Waals surface area contributed by atoms with Crippen LogP contribution in [0, 0.1) is 15.9 Å². The molecule has 0 radical (unpaired) electrons. The zero-order chi connectivity index (χ0) is 21.3. The molecule has 148 valence electrons. The molecule has 1 aromatic heterocycles. The van der Waals surface area contributed by atoms with Gasteiger partial charge in [0.25, 0.3) is 5.91 Å². The maximum atomic E-state index is 13.6. The number of nitrogens with zero attached hydrogens (tertiary/aromatic N) is 2. The molecule has 0 aliphatic heterocycles. The van der Waals surface area contributed by atoms with E-state index in [-0.39, 0.29) is 5.69 Å². The Balaban J connectivity index is 1.79. The number of fused-ring (bicyclic) bond motifs is 1. The zero-order valence-electron chi connectivity index (χ0n) is 15.3. The highest BCUT2D eigenvalue weighted by Gasteiger charge is 2.18. The van der Waals surface area contributed by atoms with Crippen LogP contribution in [0.25, 0.3) is 22.2 Å². The third-order valence-electron chi connectivity index (χ3n) is 4.48. The highest BCUT2D eigenvalue weighted by atomic mass is 79.9. The number of carbonyl (C=O) groups excluding carboxylic acids is 1. The SMILES string of the molecule is O=C(Nc1ccc(F)c([N+](=O)[O-])c1)c1cc(-c2cccc(Br)c2)nc2ccccc12. The molecule has 1 N–H and O–H groups in total. The molecule has 6 nitrogen and oxygen atoms in total. The Morgan fingerprint density at radius 3 is 2.60 bits per heavy atom. The number of nitrogens with one attached hydrogen (secondary N) is 1. The van der Waals surface area contributed by atoms with Crippen LogP contribution in [0.5, 0.6) is 0 Å². The zero-order valence-corrected chi connectivity index (χ0v) is 16.9. The van der Waals surface area contributed by atoms with E-state index in [2.05, 4.69) is 26.2 Å². The van der Waals surface area contributed by atoms with Gasteiger partial charge in [-0.15, -0.1) is 0 Å². The van der Waals surface area contributed by atoms with Gasteiger partial charge in [0.15, 0.2) is 0 Å². The van der Waals surface area contributed by atoms with Crippen molar-refractivity contribution in [2.75, 3.05) is 5.32 Å². The minimum absolute atomic E-state index is 0.123. The number of amides is 1. The summed E-state index contributed by atoms with van der Waals surface area (Å²) in [5, 5.41) is 14.2. The lowest BCUT2D eigenvalue weighted by Crippen LogP contribution is -2.13. The van der Waals surface area contributed by atoms with E-state index in [9.17, 15) is 19.3 Å². The monoisotopic (exact) mass is 465 g/mol. The van der Waals surface area contributed by atoms with E-state index in [1.807, 2.05) is 30.3 Å². The number of para-hydroxylation sites is 1. The van der Waals surface area contributed by atoms with Crippen LogP contribution in [0.15, 0.2) is 77.3 Å². The van der Waals surface area contributed by atoms with Gasteiger partial charge in [0, 0.05) is 27.2 Å². The first kappa shape index (κ1) is 19.7. The molecule has 30 heavy (non-hydrogen) atoms. The van der Waals surface area contributed by atoms with E-state index in [0.717, 1.165) is 22.2 Å². The lowest BCUT2D eigenvalue weighted by Gasteiger charge is -2.11. The summed E-state index contributed by atoms with van der Waals surface area (Å²) in [4.78, 5) is 27.8. The second-order valence-corrected chi connectivity index (χ2v) is 7.38. The van der Waals surface area contributed by atoms with E-state index >= 15 is 0 Å². The maximum absolute atomic E-state index is 13.6. The molecule has 4 aromatic rings. The predicted octanol–water partition coefficient (Wildman–Crippen LogP) is 5.96. The molecule has 1 heterocycles. The third-order valence-corrected chi connectivity index (χ3v) is 4.98. The summed E-state index contributed by atoms with van der Waals surface area (Å²) in [6.45, 7) is 0. The summed E-state index contributed by atoms with van der Waals surface area (Å²) in [5.74, 6) is -1.45. The average molecular weight is 466 g/mol. The number of rotatable bonds is 4. The van der Waals surface area contributed by atoms with Gasteiger partial charge in [-0.1, -0.05) is 46.3 Å². The number of anilines is 1. The van der Waals surface area contributed by atoms with Gasteiger partial charge < -0.3 is 5.32 Å². The van der Waals surface area contributed by atoms with Gasteiger partial charge in [-0.05, 0) is 36.4 Å². The van der Waals surface area contributed by atoms with Crippen LogP contribution in [0.3, 0.4) is 0 Å². The molecule has 0 saturated carbocycles. The van der Waals surface area contributed by atoms with E-state index < -0.39 is 22.3 Å². The molecule has 0 fully saturated rings. The molecule has 0 aliphatic carbocycles. The van der Waals surface area contributed by atoms with Crippen molar-refractivity contribution in [1.29, 1.82) is 0 Å². The quantitative estimate of drug-likeness (QED) is 0.297. The van der Waals surface area contributed by atoms with Gasteiger partial charge >= 0.3 is 5.69 Å². The van der Waals surface area contributed by atoms with Crippen molar-refractivity contribution >= 4 is 44.1 Å². The Bertz CT molecular complexity index is 1310. The van der Waals surface area contributed by atoms with Crippen molar-refractivity contribution in [3.05, 3.63) is 98.8 Å². The first-order valence-corrected chi connectivity index (χ1v) is 9.63. The number of pyridine rings is 1. The Morgan fingerprint density at radius 2 is 1.83 bits per heavy atom. The van der Waals surface area contributed by atoms with Crippen molar-refractivity contribution in [2.24, 2.45) is 0 Å². The number of aromatic nitrogens is 1. The molecule has 0 bridgehead atoms. The molecule has 0 saturated heterocycles. The smallest absolute Gasteiger partial charge is 0.306 e. The summed E-state index contributed by atoms with van der Waals surface area (Å²) >= 11 is 3.43. The van der Waals surface area contributed by atoms with Crippen molar-refractivity contribution in [2.45, 2.75) is 0 Å². The minimum atomic E-state index is -0.968. The Morgan fingerprint density at radius 1 is 1.03 bits per heavy atom. The fourth-order valence-electron chi connectivity index (χ4n) is 3.09. The number of benzene rings is 3. The fourth-order valence-corrected chi connectivity index (χ4v) is 3.49. The number of nitro benzene ring substituents is 1. The van der Waals surface area contributed by atoms with E-state index in [0.29, 0.717) is 22.2 Å². The molecule has 0 aliphatic rings. The number of hydrogen-bond acceptors (Lipinski definition) is 4. The highest BCUT2D eigenvalue weighted by Crippen LogP contribution is 2.28. The standard InChI is InChI=1S/C22H13BrFN3O3/c23-14-5-3-4-13(10-14)20-12-17(16-6-1-2-7-19(16)26-20)22(28)25-15-8-9-18(24)21(11-15)27(29)30/h1-12H,(H,25,28). The van der Waals surface area contributed by atoms with Crippen LogP contribution in [-0.4, -0.2) is 15.8 Å². The van der Waals surface area contributed by atoms with Crippen LogP contribution < -0.4 is 5.32 Å². The molecular weight excluding hydrogens is 453 g/mol. The summed E-state index contributed by atoms with van der Waals surface area (Å²) in [7, 11) is 0. The fraction of sp³-hybridized carbons (Fsp3) is 0. The van der Waals surface area contributed by atoms with Gasteiger partial charge in [0.1, 0.15) is 0 Å². The van der Waals surface area contributed by atoms with Crippen LogP contribution in [0.4, 0.5) is 15.8 Å². The first-order valence-electron chi connectivity index (χ1n) is 8.83. The van der Waals surface area contributed by atoms with Crippen molar-refractivity contribution < 1.29 is 14.1 Å². The molecule has 4 rings (SSSR count). The summed E-state index contributed by atoms with van der Waals surface area (Å²) in [5.41, 5.74) is 1.82. The third kappa shape index (κ3) is 3.90. The number of halogens is 2. The van der Waals surface area contributed by atoms with Crippen molar-refractivity contribution in [3.8, 4) is 11.3 Å². The van der Waals surface area contributed by atoms with E-state index in [1.54, 1.807) is 24.3 Å². The van der Waals surface area contributed by atoms with Crippen LogP contribution in [0.1, 0.15) is 10.4 Å². The highest BCUT2D eigenvalue weighted by molar-refractivity contribution is 9.10. The summed E-state index contributed by atoms with van der Waals surface area (Å²) in [6, 6.07) is 19.6. The van der Waals surface area contributed by atoms with Crippen LogP contribution >= 0.6 is 15.9 Å². The predicted molar refractivity (Wildman–Crippen MR) is 116 cm³/mol. The molecule has 8 heteroatoms. The summed E-state index contributed by atoms with van der Waals surface area (Å²) < 4.78 is 14.5. The lowest BCUT2D eigenvalue weighted by molar-refractivity contribution is -0.387. The van der Waals surface area contributed by atoms with E-state index in [4.69, 9.17) is 0 Å². The molecule has 0 atom stereocenters. The van der Waals surface area contributed by atoms with Crippen molar-refractivity contribution in [3.63, 3.8) is 0 Å². The van der Waals surface area contributed by atoms with Crippen LogP contribution in [-0.2, 0) is 0 Å². The minimum Gasteiger partial charge on any atom is -0.322 e. The van der Waals surface area contributed by atoms with Gasteiger partial charge in [0.2, 0.25) is 5.82 Å². The van der Waals surface area contributed by atoms with Gasteiger partial charge in [-0.2, -0.15) is 4.39 Å². The lowest BCUT2D eigenvalue weighted by atomic mass is 10.0. The number of nitro groups is 1. The van der Waals surface area contributed by atoms with Crippen LogP contribution in [0.2, 0.25) is 0 Å². The average Bonchev–Trinajstić information content (AvgIpc) is 2.74. The maximum Gasteiger partial charge on any atom is 0.306 e. The summed E-state index contributed by atoms with van der Waals surface area (Å²) in [6.07, 6.45) is 0. The topological polar surface area (TPSA) is 85.1 Å². The molecule has 0 unspecified atom stereocenters. The molecule has 0 spiro atoms. The van der Waals surface area contributed by atoms with Gasteiger partial charge in [0.05, 0.1) is 21.7 Å². The number of hydrogen-bond donors (Lipinski definition) is 1. The van der Waals surface area contributed by atoms with E-state index in [1.165, 1.54) is 6.07 Å². The number of carbonyl (C=O) groups is 1. The molecular formula is C22H13BrFN3O3. The molecule has 1 amide bonds. The first-order chi connectivity index (χ1) is 14.4. The Hall–Kier alpha value is -3.65. The van der Waals surface area contributed by atoms with Gasteiger partial charge in [-0.3, -0.25) is 14.9 Å². The second-order valence-electron chi connectivity index (χ2n) is 6.46. The normalized spacial score (nSPS) is 10.7. The van der Waals surface area contributed by atoms with Crippen molar-refractivity contribution in [1.82, 2.24) is 4.98 Å². The largest absolute Gasteiger partial charge is 0.322 e. The molecule has 3 aromatic carbocycles. The Labute approximate surface area is 178 Å². The Kier molecular flexibility index (Phi) is 5.24. The van der Waals surface area contributed by atoms with Gasteiger partial charge in [-0.25, -0.2) is 4.98 Å².